The summed E-state index contributed by atoms with van der Waals surface area (Å²) in [6.07, 6.45) is -0.774. The molecule has 19 heavy (non-hydrogen) atoms. The van der Waals surface area contributed by atoms with Crippen molar-refractivity contribution in [1.29, 1.82) is 0 Å². The van der Waals surface area contributed by atoms with E-state index in [-0.39, 0.29) is 16.5 Å². The summed E-state index contributed by atoms with van der Waals surface area (Å²) >= 11 is 5.68. The van der Waals surface area contributed by atoms with E-state index in [1.54, 1.807) is 0 Å². The highest BCUT2D eigenvalue weighted by Crippen LogP contribution is 2.30. The third-order valence-electron chi connectivity index (χ3n) is 2.32. The van der Waals surface area contributed by atoms with E-state index in [1.165, 1.54) is 18.2 Å². The zero-order valence-corrected chi connectivity index (χ0v) is 11.6. The molecule has 2 N–H and O–H groups in total. The number of nitro groups is 1. The van der Waals surface area contributed by atoms with Crippen LogP contribution in [0.4, 0.5) is 5.69 Å². The lowest BCUT2D eigenvalue weighted by Gasteiger charge is -2.15. The van der Waals surface area contributed by atoms with Crippen LogP contribution in [-0.4, -0.2) is 28.9 Å². The minimum Gasteiger partial charge on any atom is -0.458 e. The lowest BCUT2D eigenvalue weighted by molar-refractivity contribution is -0.386. The van der Waals surface area contributed by atoms with Gasteiger partial charge in [-0.3, -0.25) is 10.1 Å². The fraction of sp³-hybridized carbons (Fsp3) is 0.500. The average Bonchev–Trinajstić information content (AvgIpc) is 2.30. The van der Waals surface area contributed by atoms with Gasteiger partial charge in [-0.25, -0.2) is 0 Å². The number of rotatable bonds is 7. The Hall–Kier alpha value is -1.37. The summed E-state index contributed by atoms with van der Waals surface area (Å²) in [5, 5.41) is 23.9. The van der Waals surface area contributed by atoms with E-state index in [2.05, 4.69) is 5.32 Å². The van der Waals surface area contributed by atoms with Gasteiger partial charge in [0.2, 0.25) is 0 Å². The zero-order chi connectivity index (χ0) is 14.4. The van der Waals surface area contributed by atoms with Crippen LogP contribution in [-0.2, 0) is 0 Å². The van der Waals surface area contributed by atoms with Crippen LogP contribution in [0.1, 0.15) is 20.3 Å². The second-order valence-electron chi connectivity index (χ2n) is 4.34. The van der Waals surface area contributed by atoms with Crippen LogP contribution in [0.15, 0.2) is 18.2 Å². The monoisotopic (exact) mass is 288 g/mol. The molecule has 1 aromatic rings. The molecule has 0 fully saturated rings. The summed E-state index contributed by atoms with van der Waals surface area (Å²) in [5.41, 5.74) is -0.261. The van der Waals surface area contributed by atoms with Gasteiger partial charge in [-0.1, -0.05) is 25.4 Å². The number of nitrogens with one attached hydrogen (secondary N) is 1. The van der Waals surface area contributed by atoms with Crippen molar-refractivity contribution >= 4 is 17.3 Å². The number of hydrogen-bond donors (Lipinski definition) is 2. The van der Waals surface area contributed by atoms with E-state index in [9.17, 15) is 15.2 Å². The molecule has 1 atom stereocenters. The number of aliphatic hydroxyl groups is 1. The first kappa shape index (κ1) is 15.7. The average molecular weight is 289 g/mol. The van der Waals surface area contributed by atoms with Gasteiger partial charge < -0.3 is 15.2 Å². The van der Waals surface area contributed by atoms with Crippen LogP contribution in [0.5, 0.6) is 5.75 Å². The van der Waals surface area contributed by atoms with Crippen molar-refractivity contribution in [2.24, 2.45) is 0 Å². The molecule has 0 amide bonds. The Kier molecular flexibility index (Phi) is 6.01. The first-order valence-electron chi connectivity index (χ1n) is 5.92. The molecule has 0 saturated carbocycles. The van der Waals surface area contributed by atoms with Gasteiger partial charge in [0.05, 0.1) is 4.92 Å². The van der Waals surface area contributed by atoms with E-state index in [1.807, 2.05) is 13.8 Å². The molecule has 0 aromatic heterocycles. The summed E-state index contributed by atoms with van der Waals surface area (Å²) in [5.74, 6) is 0.00597. The maximum absolute atomic E-state index is 10.8. The predicted molar refractivity (Wildman–Crippen MR) is 72.5 cm³/mol. The molecule has 0 bridgehead atoms. The van der Waals surface area contributed by atoms with E-state index < -0.39 is 11.2 Å². The quantitative estimate of drug-likeness (QED) is 0.457. The van der Waals surface area contributed by atoms with Crippen LogP contribution in [0.2, 0.25) is 5.02 Å². The van der Waals surface area contributed by atoms with Crippen molar-refractivity contribution < 1.29 is 14.8 Å². The third-order valence-corrected chi connectivity index (χ3v) is 2.56. The number of nitro benzene ring substituents is 1. The molecule has 0 aliphatic rings. The number of ether oxygens (including phenoxy) is 1. The van der Waals surface area contributed by atoms with Gasteiger partial charge in [-0.05, 0) is 12.1 Å². The van der Waals surface area contributed by atoms with Gasteiger partial charge in [-0.2, -0.15) is 0 Å². The van der Waals surface area contributed by atoms with Crippen LogP contribution in [0.3, 0.4) is 0 Å². The number of halogens is 1. The van der Waals surface area contributed by atoms with Crippen molar-refractivity contribution in [3.63, 3.8) is 0 Å². The smallest absolute Gasteiger partial charge is 0.312 e. The minimum atomic E-state index is -1.11. The summed E-state index contributed by atoms with van der Waals surface area (Å²) in [6.45, 7) is 4.52. The number of aliphatic hydroxyl groups excluding tert-OH is 1. The molecular formula is C12H17ClN2O4. The number of hydrogen-bond acceptors (Lipinski definition) is 5. The predicted octanol–water partition coefficient (Wildman–Crippen LogP) is 2.33. The third kappa shape index (κ3) is 5.42. The highest BCUT2D eigenvalue weighted by atomic mass is 35.5. The Morgan fingerprint density at radius 3 is 2.79 bits per heavy atom. The molecule has 0 radical (unpaired) electrons. The highest BCUT2D eigenvalue weighted by molar-refractivity contribution is 6.30. The molecule has 6 nitrogen and oxygen atoms in total. The molecule has 1 aromatic carbocycles. The normalized spacial score (nSPS) is 12.5. The molecule has 0 saturated heterocycles. The van der Waals surface area contributed by atoms with Crippen LogP contribution in [0, 0.1) is 10.1 Å². The zero-order valence-electron chi connectivity index (χ0n) is 10.8. The molecule has 1 rings (SSSR count). The lowest BCUT2D eigenvalue weighted by Crippen LogP contribution is -2.28. The minimum absolute atomic E-state index is 0.00597. The Labute approximate surface area is 116 Å². The largest absolute Gasteiger partial charge is 0.458 e. The van der Waals surface area contributed by atoms with Gasteiger partial charge in [-0.15, -0.1) is 0 Å². The molecule has 1 unspecified atom stereocenters. The van der Waals surface area contributed by atoms with Gasteiger partial charge in [0.25, 0.3) is 0 Å². The number of benzene rings is 1. The molecule has 0 aliphatic carbocycles. The first-order valence-corrected chi connectivity index (χ1v) is 6.30. The van der Waals surface area contributed by atoms with E-state index in [0.717, 1.165) is 0 Å². The Morgan fingerprint density at radius 2 is 2.21 bits per heavy atom. The summed E-state index contributed by atoms with van der Waals surface area (Å²) < 4.78 is 5.16. The van der Waals surface area contributed by atoms with Crippen molar-refractivity contribution in [2.75, 3.05) is 6.54 Å². The van der Waals surface area contributed by atoms with Gasteiger partial charge >= 0.3 is 5.69 Å². The van der Waals surface area contributed by atoms with Gasteiger partial charge in [0, 0.05) is 30.1 Å². The Bertz CT molecular complexity index is 440. The summed E-state index contributed by atoms with van der Waals surface area (Å²) in [4.78, 5) is 10.2. The molecule has 0 heterocycles. The highest BCUT2D eigenvalue weighted by Gasteiger charge is 2.18. The lowest BCUT2D eigenvalue weighted by atomic mass is 10.3. The maximum Gasteiger partial charge on any atom is 0.312 e. The number of nitrogens with zero attached hydrogens (tertiary/aromatic N) is 1. The molecule has 7 heteroatoms. The van der Waals surface area contributed by atoms with Gasteiger partial charge in [0.15, 0.2) is 12.0 Å². The fourth-order valence-electron chi connectivity index (χ4n) is 1.43. The Morgan fingerprint density at radius 1 is 1.53 bits per heavy atom. The molecular weight excluding hydrogens is 272 g/mol. The van der Waals surface area contributed by atoms with Crippen LogP contribution < -0.4 is 10.1 Å². The van der Waals surface area contributed by atoms with Crippen molar-refractivity contribution in [1.82, 2.24) is 5.32 Å². The second-order valence-corrected chi connectivity index (χ2v) is 4.78. The van der Waals surface area contributed by atoms with E-state index >= 15 is 0 Å². The first-order chi connectivity index (χ1) is 8.90. The van der Waals surface area contributed by atoms with Crippen LogP contribution >= 0.6 is 11.6 Å². The van der Waals surface area contributed by atoms with Crippen molar-refractivity contribution in [3.8, 4) is 5.75 Å². The maximum atomic E-state index is 10.8. The van der Waals surface area contributed by atoms with Crippen LogP contribution in [0.25, 0.3) is 0 Å². The summed E-state index contributed by atoms with van der Waals surface area (Å²) in [6, 6.07) is 4.34. The second kappa shape index (κ2) is 7.28. The Balaban J connectivity index is 2.63. The van der Waals surface area contributed by atoms with Crippen molar-refractivity contribution in [2.45, 2.75) is 32.6 Å². The topological polar surface area (TPSA) is 84.6 Å². The molecule has 106 valence electrons. The molecule has 0 aliphatic heterocycles. The summed E-state index contributed by atoms with van der Waals surface area (Å²) in [7, 11) is 0. The van der Waals surface area contributed by atoms with E-state index in [4.69, 9.17) is 16.3 Å². The fourth-order valence-corrected chi connectivity index (χ4v) is 1.60. The van der Waals surface area contributed by atoms with E-state index in [0.29, 0.717) is 19.0 Å². The molecule has 0 spiro atoms. The van der Waals surface area contributed by atoms with Crippen molar-refractivity contribution in [3.05, 3.63) is 33.3 Å². The van der Waals surface area contributed by atoms with Gasteiger partial charge in [0.1, 0.15) is 0 Å². The SMILES string of the molecule is CC(C)NCCC(O)Oc1ccc(Cl)cc1[N+](=O)[O-]. The standard InChI is InChI=1S/C12H17ClN2O4/c1-8(2)14-6-5-12(16)19-11-4-3-9(13)7-10(11)15(17)18/h3-4,7-8,12,14,16H,5-6H2,1-2H3.